The molecule has 0 aliphatic heterocycles. The molecular formula is C18H28O2. The number of carbonyl (C=O) groups is 1. The van der Waals surface area contributed by atoms with Gasteiger partial charge in [0.15, 0.2) is 5.78 Å². The van der Waals surface area contributed by atoms with Crippen LogP contribution in [0.15, 0.2) is 24.3 Å². The first kappa shape index (κ1) is 16.7. The summed E-state index contributed by atoms with van der Waals surface area (Å²) in [4.78, 5) is 12.1. The van der Waals surface area contributed by atoms with Crippen molar-refractivity contribution >= 4 is 5.78 Å². The lowest BCUT2D eigenvalue weighted by Gasteiger charge is -2.07. The van der Waals surface area contributed by atoms with E-state index in [0.29, 0.717) is 12.2 Å². The lowest BCUT2D eigenvalue weighted by atomic mass is 10.0. The fourth-order valence-electron chi connectivity index (χ4n) is 2.43. The molecule has 112 valence electrons. The molecule has 0 radical (unpaired) electrons. The zero-order chi connectivity index (χ0) is 14.6. The number of para-hydroxylation sites is 1. The van der Waals surface area contributed by atoms with Crippen LogP contribution in [0.2, 0.25) is 0 Å². The molecule has 2 heteroatoms. The van der Waals surface area contributed by atoms with E-state index >= 15 is 0 Å². The maximum absolute atomic E-state index is 12.1. The van der Waals surface area contributed by atoms with Gasteiger partial charge >= 0.3 is 0 Å². The molecule has 0 fully saturated rings. The van der Waals surface area contributed by atoms with E-state index in [1.807, 2.05) is 24.3 Å². The minimum Gasteiger partial charge on any atom is -0.496 e. The molecule has 0 aliphatic carbocycles. The van der Waals surface area contributed by atoms with Crippen molar-refractivity contribution in [3.05, 3.63) is 29.8 Å². The zero-order valence-electron chi connectivity index (χ0n) is 13.0. The third kappa shape index (κ3) is 6.23. The van der Waals surface area contributed by atoms with Crippen LogP contribution in [0.3, 0.4) is 0 Å². The van der Waals surface area contributed by atoms with Gasteiger partial charge in [-0.2, -0.15) is 0 Å². The van der Waals surface area contributed by atoms with Gasteiger partial charge in [0.1, 0.15) is 5.75 Å². The van der Waals surface area contributed by atoms with Crippen molar-refractivity contribution in [2.24, 2.45) is 0 Å². The van der Waals surface area contributed by atoms with Gasteiger partial charge in [-0.3, -0.25) is 4.79 Å². The van der Waals surface area contributed by atoms with Crippen LogP contribution in [-0.2, 0) is 0 Å². The number of rotatable bonds is 11. The number of carbonyl (C=O) groups excluding carboxylic acids is 1. The first-order chi connectivity index (χ1) is 9.79. The molecule has 0 aliphatic rings. The molecule has 0 saturated carbocycles. The van der Waals surface area contributed by atoms with E-state index in [4.69, 9.17) is 4.74 Å². The van der Waals surface area contributed by atoms with E-state index in [2.05, 4.69) is 6.92 Å². The Bertz CT molecular complexity index is 385. The first-order valence-corrected chi connectivity index (χ1v) is 7.95. The summed E-state index contributed by atoms with van der Waals surface area (Å²) in [5.74, 6) is 0.894. The molecule has 1 aromatic rings. The molecule has 1 rings (SSSR count). The van der Waals surface area contributed by atoms with Crippen LogP contribution >= 0.6 is 0 Å². The van der Waals surface area contributed by atoms with E-state index in [0.717, 1.165) is 18.4 Å². The normalized spacial score (nSPS) is 10.5. The number of benzene rings is 1. The molecule has 0 bridgehead atoms. The summed E-state index contributed by atoms with van der Waals surface area (Å²) in [6.45, 7) is 2.24. The summed E-state index contributed by atoms with van der Waals surface area (Å²) in [6, 6.07) is 7.49. The topological polar surface area (TPSA) is 26.3 Å². The molecule has 0 spiro atoms. The molecule has 1 aromatic carbocycles. The van der Waals surface area contributed by atoms with Crippen molar-refractivity contribution in [2.45, 2.75) is 64.7 Å². The summed E-state index contributed by atoms with van der Waals surface area (Å²) >= 11 is 0. The molecule has 0 heterocycles. The Hall–Kier alpha value is -1.31. The number of hydrogen-bond donors (Lipinski definition) is 0. The van der Waals surface area contributed by atoms with E-state index in [1.165, 1.54) is 38.5 Å². The van der Waals surface area contributed by atoms with Gasteiger partial charge in [0.05, 0.1) is 12.7 Å². The monoisotopic (exact) mass is 276 g/mol. The smallest absolute Gasteiger partial charge is 0.166 e. The second kappa shape index (κ2) is 10.5. The number of hydrogen-bond acceptors (Lipinski definition) is 2. The highest BCUT2D eigenvalue weighted by Gasteiger charge is 2.10. The lowest BCUT2D eigenvalue weighted by molar-refractivity contribution is 0.0976. The van der Waals surface area contributed by atoms with E-state index < -0.39 is 0 Å². The predicted octanol–water partition coefficient (Wildman–Crippen LogP) is 5.41. The third-order valence-electron chi connectivity index (χ3n) is 3.66. The highest BCUT2D eigenvalue weighted by Crippen LogP contribution is 2.20. The van der Waals surface area contributed by atoms with Gasteiger partial charge in [-0.1, -0.05) is 64.0 Å². The molecule has 20 heavy (non-hydrogen) atoms. The molecule has 0 saturated heterocycles. The third-order valence-corrected chi connectivity index (χ3v) is 3.66. The van der Waals surface area contributed by atoms with E-state index in [-0.39, 0.29) is 5.78 Å². The van der Waals surface area contributed by atoms with Crippen LogP contribution < -0.4 is 4.74 Å². The van der Waals surface area contributed by atoms with Crippen LogP contribution in [0.25, 0.3) is 0 Å². The van der Waals surface area contributed by atoms with Crippen LogP contribution in [0, 0.1) is 0 Å². The molecule has 0 unspecified atom stereocenters. The molecule has 0 atom stereocenters. The van der Waals surface area contributed by atoms with Crippen LogP contribution in [0.5, 0.6) is 5.75 Å². The first-order valence-electron chi connectivity index (χ1n) is 7.95. The number of ether oxygens (including phenoxy) is 1. The number of unbranched alkanes of at least 4 members (excludes halogenated alkanes) is 7. The minimum atomic E-state index is 0.202. The second-order valence-electron chi connectivity index (χ2n) is 5.35. The van der Waals surface area contributed by atoms with Crippen molar-refractivity contribution < 1.29 is 9.53 Å². The summed E-state index contributed by atoms with van der Waals surface area (Å²) < 4.78 is 5.23. The van der Waals surface area contributed by atoms with Gasteiger partial charge in [0.2, 0.25) is 0 Å². The SMILES string of the molecule is CCCCCCCCCCC(=O)c1ccccc1OC. The summed E-state index contributed by atoms with van der Waals surface area (Å²) in [5.41, 5.74) is 0.720. The van der Waals surface area contributed by atoms with Gasteiger partial charge in [0.25, 0.3) is 0 Å². The highest BCUT2D eigenvalue weighted by molar-refractivity contribution is 5.98. The van der Waals surface area contributed by atoms with Crippen molar-refractivity contribution in [1.82, 2.24) is 0 Å². The van der Waals surface area contributed by atoms with Crippen molar-refractivity contribution in [2.75, 3.05) is 7.11 Å². The van der Waals surface area contributed by atoms with Crippen LogP contribution in [0.4, 0.5) is 0 Å². The Morgan fingerprint density at radius 3 is 2.20 bits per heavy atom. The Morgan fingerprint density at radius 1 is 0.950 bits per heavy atom. The zero-order valence-corrected chi connectivity index (χ0v) is 13.0. The van der Waals surface area contributed by atoms with Gasteiger partial charge in [-0.15, -0.1) is 0 Å². The minimum absolute atomic E-state index is 0.202. The van der Waals surface area contributed by atoms with Gasteiger partial charge in [-0.05, 0) is 18.6 Å². The van der Waals surface area contributed by atoms with Gasteiger partial charge in [-0.25, -0.2) is 0 Å². The van der Waals surface area contributed by atoms with Crippen LogP contribution in [0.1, 0.15) is 75.1 Å². The molecule has 0 N–H and O–H groups in total. The predicted molar refractivity (Wildman–Crippen MR) is 84.6 cm³/mol. The standard InChI is InChI=1S/C18H28O2/c1-3-4-5-6-7-8-9-10-14-17(19)16-13-11-12-15-18(16)20-2/h11-13,15H,3-10,14H2,1-2H3. The second-order valence-corrected chi connectivity index (χ2v) is 5.35. The largest absolute Gasteiger partial charge is 0.496 e. The summed E-state index contributed by atoms with van der Waals surface area (Å²) in [6.07, 6.45) is 10.7. The molecule has 2 nitrogen and oxygen atoms in total. The Kier molecular flexibility index (Phi) is 8.77. The average Bonchev–Trinajstić information content (AvgIpc) is 2.49. The maximum atomic E-state index is 12.1. The quantitative estimate of drug-likeness (QED) is 0.399. The Balaban J connectivity index is 2.17. The molecule has 0 amide bonds. The summed E-state index contributed by atoms with van der Waals surface area (Å²) in [5, 5.41) is 0. The Labute approximate surface area is 123 Å². The number of methoxy groups -OCH3 is 1. The van der Waals surface area contributed by atoms with Crippen molar-refractivity contribution in [3.8, 4) is 5.75 Å². The molecule has 0 aromatic heterocycles. The van der Waals surface area contributed by atoms with Crippen molar-refractivity contribution in [1.29, 1.82) is 0 Å². The number of ketones is 1. The molecular weight excluding hydrogens is 248 g/mol. The average molecular weight is 276 g/mol. The maximum Gasteiger partial charge on any atom is 0.166 e. The van der Waals surface area contributed by atoms with Gasteiger partial charge < -0.3 is 4.74 Å². The van der Waals surface area contributed by atoms with Crippen LogP contribution in [-0.4, -0.2) is 12.9 Å². The fourth-order valence-corrected chi connectivity index (χ4v) is 2.43. The van der Waals surface area contributed by atoms with E-state index in [9.17, 15) is 4.79 Å². The number of Topliss-reactive ketones (excluding diaryl/α,β-unsaturated/α-hetero) is 1. The fraction of sp³-hybridized carbons (Fsp3) is 0.611. The Morgan fingerprint density at radius 2 is 1.55 bits per heavy atom. The lowest BCUT2D eigenvalue weighted by Crippen LogP contribution is -2.01. The van der Waals surface area contributed by atoms with Gasteiger partial charge in [0, 0.05) is 6.42 Å². The van der Waals surface area contributed by atoms with E-state index in [1.54, 1.807) is 7.11 Å². The summed E-state index contributed by atoms with van der Waals surface area (Å²) in [7, 11) is 1.61. The van der Waals surface area contributed by atoms with Crippen molar-refractivity contribution in [3.63, 3.8) is 0 Å². The highest BCUT2D eigenvalue weighted by atomic mass is 16.5.